The second kappa shape index (κ2) is 6.39. The summed E-state index contributed by atoms with van der Waals surface area (Å²) in [5.41, 5.74) is 4.25. The summed E-state index contributed by atoms with van der Waals surface area (Å²) < 4.78 is 1.00. The Morgan fingerprint density at radius 3 is 2.41 bits per heavy atom. The fourth-order valence-corrected chi connectivity index (χ4v) is 2.03. The molecule has 1 aromatic heterocycles. The van der Waals surface area contributed by atoms with Gasteiger partial charge in [-0.15, -0.1) is 10.2 Å². The number of hydrogen-bond acceptors (Lipinski definition) is 5. The molecule has 6 nitrogen and oxygen atoms in total. The number of aromatic amines is 1. The SMILES string of the molecule is C/C(=N\Nc1nnc(C(C)(C)C)c(=O)[nH]1)c1ccc(Br)cc1. The monoisotopic (exact) mass is 363 g/mol. The summed E-state index contributed by atoms with van der Waals surface area (Å²) in [6.45, 7) is 7.60. The molecule has 1 heterocycles. The Balaban J connectivity index is 2.18. The second-order valence-electron chi connectivity index (χ2n) is 5.92. The minimum atomic E-state index is -0.351. The number of hydrazone groups is 1. The van der Waals surface area contributed by atoms with E-state index in [9.17, 15) is 4.79 Å². The van der Waals surface area contributed by atoms with Gasteiger partial charge in [-0.05, 0) is 24.6 Å². The summed E-state index contributed by atoms with van der Waals surface area (Å²) in [6, 6.07) is 7.77. The molecule has 0 spiro atoms. The smallest absolute Gasteiger partial charge is 0.274 e. The Bertz CT molecular complexity index is 744. The van der Waals surface area contributed by atoms with E-state index < -0.39 is 0 Å². The molecule has 0 unspecified atom stereocenters. The lowest BCUT2D eigenvalue weighted by atomic mass is 9.93. The number of nitrogens with one attached hydrogen (secondary N) is 2. The van der Waals surface area contributed by atoms with Crippen molar-refractivity contribution in [2.75, 3.05) is 5.43 Å². The fraction of sp³-hybridized carbons (Fsp3) is 0.333. The number of anilines is 1. The van der Waals surface area contributed by atoms with Crippen LogP contribution in [0.5, 0.6) is 0 Å². The summed E-state index contributed by atoms with van der Waals surface area (Å²) >= 11 is 3.39. The van der Waals surface area contributed by atoms with Gasteiger partial charge in [0, 0.05) is 9.89 Å². The van der Waals surface area contributed by atoms with Gasteiger partial charge >= 0.3 is 0 Å². The van der Waals surface area contributed by atoms with Crippen LogP contribution in [0.1, 0.15) is 39.0 Å². The maximum absolute atomic E-state index is 12.0. The van der Waals surface area contributed by atoms with E-state index in [0.717, 1.165) is 15.7 Å². The first-order valence-electron chi connectivity index (χ1n) is 6.81. The zero-order valence-electron chi connectivity index (χ0n) is 12.9. The molecule has 0 bridgehead atoms. The van der Waals surface area contributed by atoms with Crippen molar-refractivity contribution in [1.82, 2.24) is 15.2 Å². The van der Waals surface area contributed by atoms with Crippen LogP contribution in [-0.2, 0) is 5.41 Å². The molecule has 0 aliphatic carbocycles. The van der Waals surface area contributed by atoms with E-state index in [1.54, 1.807) is 0 Å². The molecule has 0 amide bonds. The lowest BCUT2D eigenvalue weighted by molar-refractivity contribution is 0.547. The van der Waals surface area contributed by atoms with E-state index in [0.29, 0.717) is 5.69 Å². The van der Waals surface area contributed by atoms with Crippen LogP contribution in [0.15, 0.2) is 38.6 Å². The number of aromatic nitrogens is 3. The Hall–Kier alpha value is -2.02. The van der Waals surface area contributed by atoms with Gasteiger partial charge < -0.3 is 0 Å². The summed E-state index contributed by atoms with van der Waals surface area (Å²) in [5, 5.41) is 12.1. The van der Waals surface area contributed by atoms with Gasteiger partial charge in [0.15, 0.2) is 0 Å². The number of nitrogens with zero attached hydrogens (tertiary/aromatic N) is 3. The van der Waals surface area contributed by atoms with Crippen molar-refractivity contribution < 1.29 is 0 Å². The number of halogens is 1. The molecule has 0 saturated carbocycles. The van der Waals surface area contributed by atoms with Crippen molar-refractivity contribution in [3.05, 3.63) is 50.3 Å². The van der Waals surface area contributed by atoms with Crippen molar-refractivity contribution in [3.63, 3.8) is 0 Å². The molecule has 116 valence electrons. The van der Waals surface area contributed by atoms with Gasteiger partial charge in [-0.3, -0.25) is 9.78 Å². The van der Waals surface area contributed by atoms with Crippen LogP contribution < -0.4 is 11.0 Å². The first-order valence-corrected chi connectivity index (χ1v) is 7.60. The average Bonchev–Trinajstić information content (AvgIpc) is 2.44. The summed E-state index contributed by atoms with van der Waals surface area (Å²) in [7, 11) is 0. The summed E-state index contributed by atoms with van der Waals surface area (Å²) in [4.78, 5) is 14.6. The Morgan fingerprint density at radius 2 is 1.86 bits per heavy atom. The molecule has 0 saturated heterocycles. The third kappa shape index (κ3) is 4.00. The average molecular weight is 364 g/mol. The van der Waals surface area contributed by atoms with Crippen LogP contribution in [0.25, 0.3) is 0 Å². The van der Waals surface area contributed by atoms with Gasteiger partial charge in [0.05, 0.1) is 5.71 Å². The molecule has 22 heavy (non-hydrogen) atoms. The Morgan fingerprint density at radius 1 is 1.23 bits per heavy atom. The fourth-order valence-electron chi connectivity index (χ4n) is 1.77. The maximum Gasteiger partial charge on any atom is 0.274 e. The van der Waals surface area contributed by atoms with Crippen molar-refractivity contribution in [2.24, 2.45) is 5.10 Å². The van der Waals surface area contributed by atoms with E-state index >= 15 is 0 Å². The molecule has 2 aromatic rings. The van der Waals surface area contributed by atoms with Crippen LogP contribution in [0.2, 0.25) is 0 Å². The van der Waals surface area contributed by atoms with Crippen LogP contribution in [0.3, 0.4) is 0 Å². The molecule has 0 fully saturated rings. The molecule has 0 aliphatic heterocycles. The van der Waals surface area contributed by atoms with Crippen molar-refractivity contribution in [1.29, 1.82) is 0 Å². The molecule has 2 rings (SSSR count). The lowest BCUT2D eigenvalue weighted by Crippen LogP contribution is -2.28. The van der Waals surface area contributed by atoms with E-state index in [1.165, 1.54) is 0 Å². The lowest BCUT2D eigenvalue weighted by Gasteiger charge is -2.15. The molecule has 0 atom stereocenters. The van der Waals surface area contributed by atoms with Gasteiger partial charge in [0.1, 0.15) is 5.69 Å². The zero-order valence-corrected chi connectivity index (χ0v) is 14.5. The highest BCUT2D eigenvalue weighted by atomic mass is 79.9. The van der Waals surface area contributed by atoms with Gasteiger partial charge in [-0.2, -0.15) is 5.10 Å². The summed E-state index contributed by atoms with van der Waals surface area (Å²) in [6.07, 6.45) is 0. The first kappa shape index (κ1) is 16.4. The predicted octanol–water partition coefficient (Wildman–Crippen LogP) is 3.06. The normalized spacial score (nSPS) is 12.3. The van der Waals surface area contributed by atoms with Crippen LogP contribution in [0.4, 0.5) is 5.95 Å². The number of hydrogen-bond donors (Lipinski definition) is 2. The standard InChI is InChI=1S/C15H18BrN5O/c1-9(10-5-7-11(16)8-6-10)18-20-14-17-13(22)12(19-21-14)15(2,3)4/h5-8H,1-4H3,(H2,17,20,21,22)/b18-9+. The summed E-state index contributed by atoms with van der Waals surface area (Å²) in [5.74, 6) is 0.217. The van der Waals surface area contributed by atoms with E-state index in [-0.39, 0.29) is 16.9 Å². The molecule has 7 heteroatoms. The highest BCUT2D eigenvalue weighted by molar-refractivity contribution is 9.10. The quantitative estimate of drug-likeness (QED) is 0.648. The molecule has 2 N–H and O–H groups in total. The number of rotatable bonds is 3. The van der Waals surface area contributed by atoms with Crippen LogP contribution in [-0.4, -0.2) is 20.9 Å². The third-order valence-electron chi connectivity index (χ3n) is 3.00. The molecule has 0 radical (unpaired) electrons. The topological polar surface area (TPSA) is 83.0 Å². The molecular formula is C15H18BrN5O. The van der Waals surface area contributed by atoms with Crippen molar-refractivity contribution >= 4 is 27.6 Å². The Labute approximate surface area is 137 Å². The second-order valence-corrected chi connectivity index (χ2v) is 6.83. The minimum Gasteiger partial charge on any atom is -0.288 e. The maximum atomic E-state index is 12.0. The zero-order chi connectivity index (χ0) is 16.3. The highest BCUT2D eigenvalue weighted by Gasteiger charge is 2.20. The van der Waals surface area contributed by atoms with Crippen molar-refractivity contribution in [3.8, 4) is 0 Å². The number of benzene rings is 1. The molecule has 0 aliphatic rings. The van der Waals surface area contributed by atoms with Gasteiger partial charge in [-0.25, -0.2) is 5.43 Å². The van der Waals surface area contributed by atoms with E-state index in [4.69, 9.17) is 0 Å². The van der Waals surface area contributed by atoms with E-state index in [2.05, 4.69) is 41.6 Å². The van der Waals surface area contributed by atoms with Gasteiger partial charge in [0.2, 0.25) is 5.95 Å². The first-order chi connectivity index (χ1) is 10.3. The number of H-pyrrole nitrogens is 1. The van der Waals surface area contributed by atoms with Gasteiger partial charge in [-0.1, -0.05) is 48.8 Å². The van der Waals surface area contributed by atoms with Crippen molar-refractivity contribution in [2.45, 2.75) is 33.1 Å². The van der Waals surface area contributed by atoms with Crippen LogP contribution in [0, 0.1) is 0 Å². The highest BCUT2D eigenvalue weighted by Crippen LogP contribution is 2.15. The third-order valence-corrected chi connectivity index (χ3v) is 3.53. The predicted molar refractivity (Wildman–Crippen MR) is 91.3 cm³/mol. The molecular weight excluding hydrogens is 346 g/mol. The Kier molecular flexibility index (Phi) is 4.75. The van der Waals surface area contributed by atoms with Gasteiger partial charge in [0.25, 0.3) is 5.56 Å². The van der Waals surface area contributed by atoms with E-state index in [1.807, 2.05) is 52.0 Å². The van der Waals surface area contributed by atoms with Crippen LogP contribution >= 0.6 is 15.9 Å². The molecule has 1 aromatic carbocycles. The largest absolute Gasteiger partial charge is 0.288 e. The minimum absolute atomic E-state index is 0.217.